The minimum Gasteiger partial charge on any atom is -0.292 e. The number of nitrogens with zero attached hydrogens (tertiary/aromatic N) is 1. The molecule has 0 unspecified atom stereocenters. The zero-order chi connectivity index (χ0) is 16.4. The molecule has 0 N–H and O–H groups in total. The minimum atomic E-state index is -4.84. The third-order valence-corrected chi connectivity index (χ3v) is 3.32. The Labute approximate surface area is 123 Å². The Morgan fingerprint density at radius 1 is 0.864 bits per heavy atom. The van der Waals surface area contributed by atoms with E-state index in [1.165, 1.54) is 0 Å². The number of hydrogen-bond donors (Lipinski definition) is 0. The van der Waals surface area contributed by atoms with E-state index in [0.717, 1.165) is 25.9 Å². The average molecular weight is 321 g/mol. The van der Waals surface area contributed by atoms with Crippen molar-refractivity contribution in [2.24, 2.45) is 0 Å². The van der Waals surface area contributed by atoms with Crippen LogP contribution in [-0.4, -0.2) is 24.5 Å². The highest BCUT2D eigenvalue weighted by Gasteiger charge is 2.36. The highest BCUT2D eigenvalue weighted by atomic mass is 19.4. The van der Waals surface area contributed by atoms with Crippen LogP contribution < -0.4 is 0 Å². The maximum atomic E-state index is 12.7. The van der Waals surface area contributed by atoms with Crippen LogP contribution in [0.1, 0.15) is 29.5 Å². The molecule has 1 aromatic rings. The second-order valence-electron chi connectivity index (χ2n) is 5.08. The van der Waals surface area contributed by atoms with Gasteiger partial charge in [-0.15, -0.1) is 0 Å². The molecule has 1 heterocycles. The molecule has 0 amide bonds. The zero-order valence-electron chi connectivity index (χ0n) is 11.5. The van der Waals surface area contributed by atoms with Gasteiger partial charge in [0.05, 0.1) is 17.7 Å². The molecule has 1 nitrogen and oxygen atoms in total. The lowest BCUT2D eigenvalue weighted by Gasteiger charge is -2.12. The van der Waals surface area contributed by atoms with Crippen molar-refractivity contribution in [1.82, 2.24) is 4.90 Å². The molecule has 0 atom stereocenters. The molecule has 22 heavy (non-hydrogen) atoms. The van der Waals surface area contributed by atoms with Crippen molar-refractivity contribution in [1.29, 1.82) is 0 Å². The summed E-state index contributed by atoms with van der Waals surface area (Å²) >= 11 is 0. The first-order chi connectivity index (χ1) is 10.2. The molecule has 1 aromatic carbocycles. The van der Waals surface area contributed by atoms with Gasteiger partial charge in [0.25, 0.3) is 0 Å². The predicted octanol–water partition coefficient (Wildman–Crippen LogP) is 4.17. The number of likely N-dealkylation sites (tertiary alicyclic amines) is 1. The molecule has 1 fully saturated rings. The molecular formula is C15H13F6N. The van der Waals surface area contributed by atoms with Crippen molar-refractivity contribution in [2.75, 3.05) is 19.6 Å². The van der Waals surface area contributed by atoms with Crippen molar-refractivity contribution in [3.8, 4) is 11.8 Å². The fourth-order valence-corrected chi connectivity index (χ4v) is 2.22. The van der Waals surface area contributed by atoms with E-state index in [1.807, 2.05) is 4.90 Å². The van der Waals surface area contributed by atoms with E-state index in [1.54, 1.807) is 0 Å². The highest BCUT2D eigenvalue weighted by Crippen LogP contribution is 2.36. The summed E-state index contributed by atoms with van der Waals surface area (Å²) in [4.78, 5) is 2.01. The van der Waals surface area contributed by atoms with Crippen molar-refractivity contribution in [3.05, 3.63) is 34.9 Å². The highest BCUT2D eigenvalue weighted by molar-refractivity contribution is 5.42. The van der Waals surface area contributed by atoms with Crippen LogP contribution in [0.4, 0.5) is 26.3 Å². The minimum absolute atomic E-state index is 0.103. The first-order valence-electron chi connectivity index (χ1n) is 6.67. The van der Waals surface area contributed by atoms with Crippen LogP contribution in [0.5, 0.6) is 0 Å². The van der Waals surface area contributed by atoms with Crippen LogP contribution in [0.3, 0.4) is 0 Å². The molecule has 0 aliphatic carbocycles. The smallest absolute Gasteiger partial charge is 0.292 e. The molecule has 0 radical (unpaired) electrons. The summed E-state index contributed by atoms with van der Waals surface area (Å²) in [6.45, 7) is 2.05. The standard InChI is InChI=1S/C15H13F6N/c16-14(17,18)12-8-11(9-13(10-12)15(19,20)21)4-3-7-22-5-1-2-6-22/h8-10H,1-2,5-7H2. The maximum absolute atomic E-state index is 12.7. The third-order valence-electron chi connectivity index (χ3n) is 3.32. The second kappa shape index (κ2) is 6.21. The molecule has 0 spiro atoms. The van der Waals surface area contributed by atoms with Gasteiger partial charge in [-0.25, -0.2) is 0 Å². The molecule has 0 saturated carbocycles. The topological polar surface area (TPSA) is 3.24 Å². The first-order valence-corrected chi connectivity index (χ1v) is 6.67. The second-order valence-corrected chi connectivity index (χ2v) is 5.08. The van der Waals surface area contributed by atoms with Crippen molar-refractivity contribution >= 4 is 0 Å². The van der Waals surface area contributed by atoms with Crippen LogP contribution in [0.2, 0.25) is 0 Å². The Bertz CT molecular complexity index is 553. The van der Waals surface area contributed by atoms with Gasteiger partial charge in [-0.3, -0.25) is 4.90 Å². The summed E-state index contributed by atoms with van der Waals surface area (Å²) in [6, 6.07) is 1.39. The molecule has 1 aliphatic rings. The molecule has 7 heteroatoms. The number of halogens is 6. The lowest BCUT2D eigenvalue weighted by Crippen LogP contribution is -2.19. The molecular weight excluding hydrogens is 308 g/mol. The average Bonchev–Trinajstić information content (AvgIpc) is 2.89. The summed E-state index contributed by atoms with van der Waals surface area (Å²) < 4.78 is 76.1. The Morgan fingerprint density at radius 2 is 1.36 bits per heavy atom. The van der Waals surface area contributed by atoms with Crippen LogP contribution in [0.15, 0.2) is 18.2 Å². The van der Waals surface area contributed by atoms with Gasteiger partial charge in [-0.2, -0.15) is 26.3 Å². The number of alkyl halides is 6. The van der Waals surface area contributed by atoms with Gasteiger partial charge in [0, 0.05) is 5.56 Å². The van der Waals surface area contributed by atoms with Crippen LogP contribution in [0, 0.1) is 11.8 Å². The summed E-state index contributed by atoms with van der Waals surface area (Å²) in [7, 11) is 0. The van der Waals surface area contributed by atoms with Crippen LogP contribution >= 0.6 is 0 Å². The van der Waals surface area contributed by atoms with E-state index in [2.05, 4.69) is 11.8 Å². The van der Waals surface area contributed by atoms with E-state index >= 15 is 0 Å². The lowest BCUT2D eigenvalue weighted by atomic mass is 10.0. The number of benzene rings is 1. The molecule has 120 valence electrons. The van der Waals surface area contributed by atoms with E-state index in [0.29, 0.717) is 18.7 Å². The predicted molar refractivity (Wildman–Crippen MR) is 69.0 cm³/mol. The van der Waals surface area contributed by atoms with Gasteiger partial charge in [0.2, 0.25) is 0 Å². The summed E-state index contributed by atoms with van der Waals surface area (Å²) in [5, 5.41) is 0. The van der Waals surface area contributed by atoms with Crippen LogP contribution in [-0.2, 0) is 12.4 Å². The largest absolute Gasteiger partial charge is 0.416 e. The fraction of sp³-hybridized carbons (Fsp3) is 0.467. The molecule has 0 aromatic heterocycles. The van der Waals surface area contributed by atoms with Crippen molar-refractivity contribution < 1.29 is 26.3 Å². The van der Waals surface area contributed by atoms with E-state index in [9.17, 15) is 26.3 Å². The quantitative estimate of drug-likeness (QED) is 0.554. The number of rotatable bonds is 1. The van der Waals surface area contributed by atoms with E-state index < -0.39 is 23.5 Å². The monoisotopic (exact) mass is 321 g/mol. The number of hydrogen-bond acceptors (Lipinski definition) is 1. The Morgan fingerprint density at radius 3 is 1.82 bits per heavy atom. The Balaban J connectivity index is 2.28. The van der Waals surface area contributed by atoms with Crippen LogP contribution in [0.25, 0.3) is 0 Å². The Hall–Kier alpha value is -1.68. The first kappa shape index (κ1) is 16.7. The van der Waals surface area contributed by atoms with Gasteiger partial charge < -0.3 is 0 Å². The normalized spacial score (nSPS) is 16.5. The van der Waals surface area contributed by atoms with Gasteiger partial charge in [0.1, 0.15) is 0 Å². The lowest BCUT2D eigenvalue weighted by molar-refractivity contribution is -0.143. The fourth-order valence-electron chi connectivity index (χ4n) is 2.22. The summed E-state index contributed by atoms with van der Waals surface area (Å²) in [5.74, 6) is 5.05. The Kier molecular flexibility index (Phi) is 4.71. The summed E-state index contributed by atoms with van der Waals surface area (Å²) in [6.07, 6.45) is -7.62. The van der Waals surface area contributed by atoms with Crippen molar-refractivity contribution in [3.63, 3.8) is 0 Å². The molecule has 1 aliphatic heterocycles. The van der Waals surface area contributed by atoms with E-state index in [-0.39, 0.29) is 11.6 Å². The molecule has 2 rings (SSSR count). The maximum Gasteiger partial charge on any atom is 0.416 e. The van der Waals surface area contributed by atoms with Gasteiger partial charge >= 0.3 is 12.4 Å². The molecule has 1 saturated heterocycles. The zero-order valence-corrected chi connectivity index (χ0v) is 11.5. The van der Waals surface area contributed by atoms with Gasteiger partial charge in [-0.05, 0) is 44.1 Å². The van der Waals surface area contributed by atoms with Gasteiger partial charge in [0.15, 0.2) is 0 Å². The van der Waals surface area contributed by atoms with Crippen molar-refractivity contribution in [2.45, 2.75) is 25.2 Å². The third kappa shape index (κ3) is 4.41. The molecule has 0 bridgehead atoms. The van der Waals surface area contributed by atoms with E-state index in [4.69, 9.17) is 0 Å². The van der Waals surface area contributed by atoms with Gasteiger partial charge in [-0.1, -0.05) is 11.8 Å². The summed E-state index contributed by atoms with van der Waals surface area (Å²) in [5.41, 5.74) is -2.96. The SMILES string of the molecule is FC(F)(F)c1cc(C#CCN2CCCC2)cc(C(F)(F)F)c1.